The number of aromatic amines is 1. The normalized spacial score (nSPS) is 11.7. The molecule has 96 valence electrons. The predicted octanol–water partition coefficient (Wildman–Crippen LogP) is 0.646. The molecule has 1 aromatic heterocycles. The van der Waals surface area contributed by atoms with E-state index >= 15 is 0 Å². The van der Waals surface area contributed by atoms with Crippen molar-refractivity contribution in [1.29, 1.82) is 0 Å². The van der Waals surface area contributed by atoms with Gasteiger partial charge in [-0.2, -0.15) is 0 Å². The maximum Gasteiger partial charge on any atom is 0.271 e. The number of rotatable bonds is 2. The number of sulfone groups is 1. The number of benzene rings is 1. The van der Waals surface area contributed by atoms with Crippen LogP contribution in [0.4, 0.5) is 0 Å². The summed E-state index contributed by atoms with van der Waals surface area (Å²) in [5.41, 5.74) is -0.542. The molecular weight excluding hydrogens is 258 g/mol. The van der Waals surface area contributed by atoms with Crippen LogP contribution in [0.15, 0.2) is 27.9 Å². The monoisotopic (exact) mass is 269 g/mol. The van der Waals surface area contributed by atoms with Gasteiger partial charge >= 0.3 is 0 Å². The number of fused-ring (bicyclic) bond motifs is 1. The second kappa shape index (κ2) is 4.02. The molecule has 1 aromatic carbocycles. The first-order valence-electron chi connectivity index (χ1n) is 4.97. The minimum Gasteiger partial charge on any atom is -0.506 e. The summed E-state index contributed by atoms with van der Waals surface area (Å²) < 4.78 is 27.9. The Labute approximate surface area is 103 Å². The molecule has 2 rings (SSSR count). The molecule has 0 unspecified atom stereocenters. The Morgan fingerprint density at radius 2 is 2.00 bits per heavy atom. The van der Waals surface area contributed by atoms with Crippen LogP contribution in [0.5, 0.6) is 11.5 Å². The maximum atomic E-state index is 11.7. The summed E-state index contributed by atoms with van der Waals surface area (Å²) in [5.74, 6) is -0.0523. The fraction of sp³-hybridized carbons (Fsp3) is 0.182. The van der Waals surface area contributed by atoms with Crippen molar-refractivity contribution in [2.45, 2.75) is 4.90 Å². The summed E-state index contributed by atoms with van der Waals surface area (Å²) in [6.07, 6.45) is 0.868. The molecule has 0 amide bonds. The summed E-state index contributed by atoms with van der Waals surface area (Å²) in [6.45, 7) is 0. The lowest BCUT2D eigenvalue weighted by Gasteiger charge is -2.07. The quantitative estimate of drug-likeness (QED) is 0.834. The number of aromatic hydroxyl groups is 1. The van der Waals surface area contributed by atoms with Crippen LogP contribution in [0.3, 0.4) is 0 Å². The molecule has 0 aliphatic rings. The zero-order valence-electron chi connectivity index (χ0n) is 9.72. The lowest BCUT2D eigenvalue weighted by atomic mass is 10.2. The third kappa shape index (κ3) is 1.92. The molecule has 0 radical (unpaired) electrons. The third-order valence-electron chi connectivity index (χ3n) is 2.52. The first-order chi connectivity index (χ1) is 8.34. The summed E-state index contributed by atoms with van der Waals surface area (Å²) in [4.78, 5) is 13.4. The predicted molar refractivity (Wildman–Crippen MR) is 65.9 cm³/mol. The molecule has 2 N–H and O–H groups in total. The van der Waals surface area contributed by atoms with Crippen molar-refractivity contribution < 1.29 is 18.3 Å². The molecule has 0 aliphatic heterocycles. The Balaban J connectivity index is 2.93. The topological polar surface area (TPSA) is 96.5 Å². The Morgan fingerprint density at radius 3 is 2.56 bits per heavy atom. The Morgan fingerprint density at radius 1 is 1.33 bits per heavy atom. The summed E-state index contributed by atoms with van der Waals surface area (Å²) in [6, 6.07) is 4.54. The molecule has 0 bridgehead atoms. The number of pyridine rings is 1. The molecule has 2 aromatic rings. The van der Waals surface area contributed by atoms with Gasteiger partial charge in [0, 0.05) is 17.7 Å². The van der Waals surface area contributed by atoms with Crippen LogP contribution in [-0.2, 0) is 9.84 Å². The van der Waals surface area contributed by atoms with E-state index in [4.69, 9.17) is 4.74 Å². The molecule has 0 aliphatic carbocycles. The van der Waals surface area contributed by atoms with E-state index in [1.54, 1.807) is 6.07 Å². The fourth-order valence-electron chi connectivity index (χ4n) is 1.71. The highest BCUT2D eigenvalue weighted by Crippen LogP contribution is 2.29. The number of hydrogen-bond acceptors (Lipinski definition) is 5. The number of hydrogen-bond donors (Lipinski definition) is 2. The highest BCUT2D eigenvalue weighted by Gasteiger charge is 2.20. The average molecular weight is 269 g/mol. The summed E-state index contributed by atoms with van der Waals surface area (Å²) >= 11 is 0. The zero-order valence-corrected chi connectivity index (χ0v) is 10.5. The van der Waals surface area contributed by atoms with Gasteiger partial charge in [0.25, 0.3) is 5.56 Å². The first-order valence-corrected chi connectivity index (χ1v) is 6.87. The second-order valence-corrected chi connectivity index (χ2v) is 5.77. The number of nitrogens with one attached hydrogen (secondary N) is 1. The van der Waals surface area contributed by atoms with Crippen LogP contribution in [-0.4, -0.2) is 31.9 Å². The summed E-state index contributed by atoms with van der Waals surface area (Å²) in [7, 11) is -2.33. The number of ether oxygens (including phenoxy) is 1. The lowest BCUT2D eigenvalue weighted by Crippen LogP contribution is -2.16. The molecule has 0 spiro atoms. The number of aromatic nitrogens is 1. The third-order valence-corrected chi connectivity index (χ3v) is 3.64. The van der Waals surface area contributed by atoms with E-state index in [9.17, 15) is 18.3 Å². The van der Waals surface area contributed by atoms with E-state index in [2.05, 4.69) is 4.98 Å². The minimum absolute atomic E-state index is 0.246. The molecule has 18 heavy (non-hydrogen) atoms. The van der Waals surface area contributed by atoms with Crippen LogP contribution in [0.2, 0.25) is 0 Å². The molecule has 0 fully saturated rings. The minimum atomic E-state index is -3.80. The maximum absolute atomic E-state index is 11.7. The van der Waals surface area contributed by atoms with E-state index in [1.807, 2.05) is 0 Å². The van der Waals surface area contributed by atoms with Crippen LogP contribution in [0.1, 0.15) is 0 Å². The van der Waals surface area contributed by atoms with Crippen molar-refractivity contribution in [3.8, 4) is 11.5 Å². The van der Waals surface area contributed by atoms with Gasteiger partial charge < -0.3 is 14.8 Å². The van der Waals surface area contributed by atoms with Gasteiger partial charge in [-0.25, -0.2) is 8.42 Å². The smallest absolute Gasteiger partial charge is 0.271 e. The molecule has 0 atom stereocenters. The van der Waals surface area contributed by atoms with Gasteiger partial charge in [-0.1, -0.05) is 0 Å². The zero-order chi connectivity index (χ0) is 13.5. The van der Waals surface area contributed by atoms with Crippen molar-refractivity contribution in [2.75, 3.05) is 13.4 Å². The van der Waals surface area contributed by atoms with Crippen molar-refractivity contribution in [3.63, 3.8) is 0 Å². The lowest BCUT2D eigenvalue weighted by molar-refractivity contribution is 0.415. The highest BCUT2D eigenvalue weighted by atomic mass is 32.2. The average Bonchev–Trinajstić information content (AvgIpc) is 2.26. The standard InChI is InChI=1S/C11H11NO5S/c1-17-6-3-4-7-8(5-6)12-11(14)10(9(7)13)18(2,15)16/h3-5H,1-2H3,(H2,12,13,14). The van der Waals surface area contributed by atoms with Crippen LogP contribution < -0.4 is 10.3 Å². The molecular formula is C11H11NO5S. The number of H-pyrrole nitrogens is 1. The second-order valence-electron chi connectivity index (χ2n) is 3.82. The Bertz CT molecular complexity index is 776. The largest absolute Gasteiger partial charge is 0.506 e. The van der Waals surface area contributed by atoms with Crippen molar-refractivity contribution in [2.24, 2.45) is 0 Å². The van der Waals surface area contributed by atoms with Crippen molar-refractivity contribution in [3.05, 3.63) is 28.6 Å². The van der Waals surface area contributed by atoms with Crippen LogP contribution >= 0.6 is 0 Å². The Kier molecular flexibility index (Phi) is 2.78. The van der Waals surface area contributed by atoms with E-state index in [0.717, 1.165) is 6.26 Å². The van der Waals surface area contributed by atoms with Crippen LogP contribution in [0.25, 0.3) is 10.9 Å². The van der Waals surface area contributed by atoms with Gasteiger partial charge in [0.15, 0.2) is 14.7 Å². The highest BCUT2D eigenvalue weighted by molar-refractivity contribution is 7.90. The van der Waals surface area contributed by atoms with Gasteiger partial charge in [-0.3, -0.25) is 4.79 Å². The molecule has 0 saturated carbocycles. The van der Waals surface area contributed by atoms with E-state index < -0.39 is 26.0 Å². The Hall–Kier alpha value is -2.02. The van der Waals surface area contributed by atoms with Gasteiger partial charge in [0.2, 0.25) is 0 Å². The van der Waals surface area contributed by atoms with Gasteiger partial charge in [-0.15, -0.1) is 0 Å². The van der Waals surface area contributed by atoms with Crippen LogP contribution in [0, 0.1) is 0 Å². The molecule has 0 saturated heterocycles. The van der Waals surface area contributed by atoms with Gasteiger partial charge in [0.05, 0.1) is 12.6 Å². The molecule has 6 nitrogen and oxygen atoms in total. The van der Waals surface area contributed by atoms with Crippen molar-refractivity contribution in [1.82, 2.24) is 4.98 Å². The van der Waals surface area contributed by atoms with Gasteiger partial charge in [-0.05, 0) is 12.1 Å². The fourth-order valence-corrected chi connectivity index (χ4v) is 2.56. The molecule has 1 heterocycles. The SMILES string of the molecule is COc1ccc2c(O)c(S(C)(=O)=O)c(=O)[nH]c2c1. The number of methoxy groups -OCH3 is 1. The van der Waals surface area contributed by atoms with Crippen molar-refractivity contribution >= 4 is 20.7 Å². The molecule has 7 heteroatoms. The first kappa shape index (κ1) is 12.4. The van der Waals surface area contributed by atoms with E-state index in [0.29, 0.717) is 11.3 Å². The van der Waals surface area contributed by atoms with E-state index in [-0.39, 0.29) is 5.39 Å². The summed E-state index contributed by atoms with van der Waals surface area (Å²) in [5, 5.41) is 10.1. The van der Waals surface area contributed by atoms with E-state index in [1.165, 1.54) is 19.2 Å². The van der Waals surface area contributed by atoms with Gasteiger partial charge in [0.1, 0.15) is 11.5 Å².